The molecule has 0 rings (SSSR count). The molecule has 0 radical (unpaired) electrons. The minimum absolute atomic E-state index is 0.174. The number of nitrogens with zero attached hydrogens (tertiary/aromatic N) is 1. The summed E-state index contributed by atoms with van der Waals surface area (Å²) in [4.78, 5) is 37.6. The van der Waals surface area contributed by atoms with Crippen molar-refractivity contribution in [3.05, 3.63) is 24.3 Å². The van der Waals surface area contributed by atoms with Crippen LogP contribution >= 0.6 is 0 Å². The number of quaternary nitrogens is 1. The molecule has 0 aromatic rings. The van der Waals surface area contributed by atoms with Crippen LogP contribution in [0.5, 0.6) is 0 Å². The number of carbonyl (C=O) groups excluding carboxylic acids is 2. The molecule has 9 nitrogen and oxygen atoms in total. The van der Waals surface area contributed by atoms with E-state index in [9.17, 15) is 19.5 Å². The van der Waals surface area contributed by atoms with Crippen molar-refractivity contribution in [2.75, 3.05) is 47.5 Å². The Morgan fingerprint density at radius 1 is 0.370 bits per heavy atom. The lowest BCUT2D eigenvalue weighted by molar-refractivity contribution is -0.870. The van der Waals surface area contributed by atoms with Crippen LogP contribution in [0.2, 0.25) is 0 Å². The highest BCUT2D eigenvalue weighted by Crippen LogP contribution is 2.19. The van der Waals surface area contributed by atoms with Gasteiger partial charge >= 0.3 is 17.9 Å². The van der Waals surface area contributed by atoms with Gasteiger partial charge in [0.1, 0.15) is 13.2 Å². The third-order valence-electron chi connectivity index (χ3n) is 16.2. The maximum Gasteiger partial charge on any atom is 0.361 e. The average molecular weight is 1150 g/mol. The smallest absolute Gasteiger partial charge is 0.361 e. The number of carbonyl (C=O) groups is 3. The van der Waals surface area contributed by atoms with E-state index in [0.717, 1.165) is 44.9 Å². The number of hydrogen-bond acceptors (Lipinski definition) is 7. The molecule has 0 spiro atoms. The number of rotatable bonds is 67. The van der Waals surface area contributed by atoms with Gasteiger partial charge in [-0.05, 0) is 44.9 Å². The van der Waals surface area contributed by atoms with E-state index in [2.05, 4.69) is 38.2 Å². The van der Waals surface area contributed by atoms with E-state index in [0.29, 0.717) is 17.4 Å². The molecule has 0 fully saturated rings. The second-order valence-corrected chi connectivity index (χ2v) is 25.6. The van der Waals surface area contributed by atoms with E-state index >= 15 is 0 Å². The van der Waals surface area contributed by atoms with Crippen LogP contribution in [0.1, 0.15) is 361 Å². The maximum atomic E-state index is 12.9. The van der Waals surface area contributed by atoms with E-state index < -0.39 is 18.4 Å². The summed E-state index contributed by atoms with van der Waals surface area (Å²) < 4.78 is 23.0. The third kappa shape index (κ3) is 65.2. The molecule has 478 valence electrons. The maximum absolute atomic E-state index is 12.9. The summed E-state index contributed by atoms with van der Waals surface area (Å²) in [6.07, 6.45) is 75.8. The van der Waals surface area contributed by atoms with E-state index in [1.54, 1.807) is 0 Å². The van der Waals surface area contributed by atoms with Gasteiger partial charge in [0.25, 0.3) is 6.29 Å². The first-order chi connectivity index (χ1) is 39.6. The zero-order valence-electron chi connectivity index (χ0n) is 54.7. The Morgan fingerprint density at radius 3 is 0.975 bits per heavy atom. The van der Waals surface area contributed by atoms with Gasteiger partial charge < -0.3 is 28.5 Å². The highest BCUT2D eigenvalue weighted by Gasteiger charge is 2.25. The van der Waals surface area contributed by atoms with Crippen molar-refractivity contribution >= 4 is 17.9 Å². The molecule has 0 bridgehead atoms. The van der Waals surface area contributed by atoms with Crippen molar-refractivity contribution in [3.8, 4) is 0 Å². The largest absolute Gasteiger partial charge is 0.477 e. The molecule has 81 heavy (non-hydrogen) atoms. The molecule has 0 aromatic heterocycles. The average Bonchev–Trinajstić information content (AvgIpc) is 3.44. The number of aliphatic carboxylic acids is 1. The van der Waals surface area contributed by atoms with Crippen LogP contribution in [-0.4, -0.2) is 87.4 Å². The Hall–Kier alpha value is -2.23. The lowest BCUT2D eigenvalue weighted by atomic mass is 10.0. The minimum Gasteiger partial charge on any atom is -0.477 e. The Labute approximate surface area is 503 Å². The second kappa shape index (κ2) is 63.8. The number of allylic oxidation sites excluding steroid dienone is 4. The Morgan fingerprint density at radius 2 is 0.667 bits per heavy atom. The van der Waals surface area contributed by atoms with Crippen molar-refractivity contribution in [3.63, 3.8) is 0 Å². The van der Waals surface area contributed by atoms with E-state index in [4.69, 9.17) is 18.9 Å². The summed E-state index contributed by atoms with van der Waals surface area (Å²) in [5.41, 5.74) is 0. The first-order valence-electron chi connectivity index (χ1n) is 35.5. The highest BCUT2D eigenvalue weighted by molar-refractivity contribution is 5.71. The number of carboxylic acids is 1. The molecule has 0 saturated carbocycles. The van der Waals surface area contributed by atoms with Gasteiger partial charge in [-0.2, -0.15) is 0 Å². The lowest BCUT2D eigenvalue weighted by Crippen LogP contribution is -2.40. The predicted octanol–water partition coefficient (Wildman–Crippen LogP) is 21.8. The molecular weight excluding hydrogens is 1010 g/mol. The van der Waals surface area contributed by atoms with Crippen LogP contribution in [0.4, 0.5) is 0 Å². The SMILES string of the molecule is CCCCCCC/C=C\C/C=C\CCCCCCCCCCCCCCCCCCCCCC(=O)OC(COC(=O)CCCCCCCCCCCCCCCCCCCCCCCCCCC)COC(OCC[N+](C)(C)C)C(=O)O. The molecule has 0 aliphatic carbocycles. The van der Waals surface area contributed by atoms with Crippen LogP contribution in [0.25, 0.3) is 0 Å². The van der Waals surface area contributed by atoms with E-state index in [1.165, 1.54) is 289 Å². The van der Waals surface area contributed by atoms with E-state index in [1.807, 2.05) is 21.1 Å². The van der Waals surface area contributed by atoms with Crippen molar-refractivity contribution < 1.29 is 42.9 Å². The fourth-order valence-corrected chi connectivity index (χ4v) is 10.8. The monoisotopic (exact) mass is 1150 g/mol. The third-order valence-corrected chi connectivity index (χ3v) is 16.2. The molecule has 0 aliphatic heterocycles. The number of likely N-dealkylation sites (N-methyl/N-ethyl adjacent to an activating group) is 1. The molecule has 1 N–H and O–H groups in total. The topological polar surface area (TPSA) is 108 Å². The van der Waals surface area contributed by atoms with Gasteiger partial charge in [-0.3, -0.25) is 9.59 Å². The van der Waals surface area contributed by atoms with Crippen LogP contribution in [0, 0.1) is 0 Å². The molecule has 0 saturated heterocycles. The van der Waals surface area contributed by atoms with Crippen molar-refractivity contribution in [1.82, 2.24) is 0 Å². The minimum atomic E-state index is -1.51. The molecule has 0 amide bonds. The summed E-state index contributed by atoms with van der Waals surface area (Å²) in [5, 5.41) is 9.75. The van der Waals surface area contributed by atoms with Gasteiger partial charge in [-0.1, -0.05) is 327 Å². The number of hydrogen-bond donors (Lipinski definition) is 1. The molecule has 0 aromatic carbocycles. The molecular formula is C72H138NO8+. The van der Waals surface area contributed by atoms with Gasteiger partial charge in [0.05, 0.1) is 34.4 Å². The van der Waals surface area contributed by atoms with Crippen molar-refractivity contribution in [2.24, 2.45) is 0 Å². The second-order valence-electron chi connectivity index (χ2n) is 25.6. The number of ether oxygens (including phenoxy) is 4. The van der Waals surface area contributed by atoms with Gasteiger partial charge in [0.15, 0.2) is 6.10 Å². The first kappa shape index (κ1) is 78.8. The molecule has 2 atom stereocenters. The standard InChI is InChI=1S/C72H137NO8/c1-6-8-10-12-14-16-18-20-22-24-26-28-30-32-33-34-35-36-37-39-41-43-45-47-49-51-53-55-57-59-61-63-70(75)81-68(67-80-72(71(76)77)78-65-64-73(3,4)5)66-79-69(74)62-60-58-56-54-52-50-48-46-44-42-40-38-31-29-27-25-23-21-19-17-15-13-11-9-7-2/h18,20,24,26,68,72H,6-17,19,21-23,25,27-67H2,1-5H3/p+1/b20-18-,26-24-. The van der Waals surface area contributed by atoms with Crippen LogP contribution in [0.3, 0.4) is 0 Å². The fraction of sp³-hybridized carbons (Fsp3) is 0.903. The molecule has 0 aliphatic rings. The highest BCUT2D eigenvalue weighted by atomic mass is 16.7. The van der Waals surface area contributed by atoms with Crippen molar-refractivity contribution in [1.29, 1.82) is 0 Å². The normalized spacial score (nSPS) is 12.8. The van der Waals surface area contributed by atoms with Crippen molar-refractivity contribution in [2.45, 2.75) is 373 Å². The number of esters is 2. The molecule has 2 unspecified atom stereocenters. The van der Waals surface area contributed by atoms with Gasteiger partial charge in [0, 0.05) is 12.8 Å². The van der Waals surface area contributed by atoms with E-state index in [-0.39, 0.29) is 38.2 Å². The Bertz CT molecular complexity index is 1380. The van der Waals surface area contributed by atoms with Gasteiger partial charge in [-0.25, -0.2) is 4.79 Å². The first-order valence-corrected chi connectivity index (χ1v) is 35.5. The van der Waals surface area contributed by atoms with Crippen LogP contribution in [0.15, 0.2) is 24.3 Å². The number of unbranched alkanes of at least 4 members (excludes halogenated alkanes) is 48. The zero-order chi connectivity index (χ0) is 59.1. The summed E-state index contributed by atoms with van der Waals surface area (Å²) in [7, 11) is 5.99. The number of carboxylic acid groups (broad SMARTS) is 1. The van der Waals surface area contributed by atoms with Crippen LogP contribution < -0.4 is 0 Å². The quantitative estimate of drug-likeness (QED) is 0.0211. The Balaban J connectivity index is 4.05. The van der Waals surface area contributed by atoms with Crippen LogP contribution in [-0.2, 0) is 33.3 Å². The summed E-state index contributed by atoms with van der Waals surface area (Å²) in [6, 6.07) is 0. The van der Waals surface area contributed by atoms with Gasteiger partial charge in [0.2, 0.25) is 0 Å². The van der Waals surface area contributed by atoms with Gasteiger partial charge in [-0.15, -0.1) is 0 Å². The molecule has 0 heterocycles. The fourth-order valence-electron chi connectivity index (χ4n) is 10.8. The molecule has 9 heteroatoms. The zero-order valence-corrected chi connectivity index (χ0v) is 54.7. The summed E-state index contributed by atoms with van der Waals surface area (Å²) >= 11 is 0. The lowest BCUT2D eigenvalue weighted by Gasteiger charge is -2.25. The summed E-state index contributed by atoms with van der Waals surface area (Å²) in [5.74, 6) is -1.97. The summed E-state index contributed by atoms with van der Waals surface area (Å²) in [6.45, 7) is 4.95. The Kier molecular flexibility index (Phi) is 62.0. The predicted molar refractivity (Wildman–Crippen MR) is 346 cm³/mol.